The van der Waals surface area contributed by atoms with Crippen molar-refractivity contribution in [3.8, 4) is 11.5 Å². The number of rotatable bonds is 13. The van der Waals surface area contributed by atoms with Crippen molar-refractivity contribution >= 4 is 35.9 Å². The molecule has 266 valence electrons. The molecule has 2 aliphatic rings. The molecule has 0 saturated carbocycles. The Morgan fingerprint density at radius 2 is 1.46 bits per heavy atom. The van der Waals surface area contributed by atoms with Crippen LogP contribution < -0.4 is 4.74 Å². The summed E-state index contributed by atoms with van der Waals surface area (Å²) in [5.41, 5.74) is 0.475. The number of hydrogen-bond acceptors (Lipinski definition) is 18. The lowest BCUT2D eigenvalue weighted by molar-refractivity contribution is -0.384. The molecule has 0 radical (unpaired) electrons. The van der Waals surface area contributed by atoms with E-state index < -0.39 is 104 Å². The Morgan fingerprint density at radius 1 is 0.833 bits per heavy atom. The lowest BCUT2D eigenvalue weighted by Gasteiger charge is -2.45. The van der Waals surface area contributed by atoms with Crippen LogP contribution in [0.4, 0.5) is 0 Å². The van der Waals surface area contributed by atoms with E-state index >= 15 is 0 Å². The fraction of sp³-hybridized carbons (Fsp3) is 0.567. The van der Waals surface area contributed by atoms with Crippen LogP contribution in [-0.4, -0.2) is 132 Å². The molecule has 0 amide bonds. The molecule has 2 aliphatic heterocycles. The fourth-order valence-corrected chi connectivity index (χ4v) is 4.79. The Bertz CT molecular complexity index is 1360. The van der Waals surface area contributed by atoms with Crippen LogP contribution in [0.5, 0.6) is 11.5 Å². The number of ether oxygens (including phenoxy) is 9. The van der Waals surface area contributed by atoms with Crippen molar-refractivity contribution in [2.75, 3.05) is 26.9 Å². The predicted molar refractivity (Wildman–Crippen MR) is 154 cm³/mol. The highest BCUT2D eigenvalue weighted by molar-refractivity contribution is 5.87. The molecule has 9 atom stereocenters. The van der Waals surface area contributed by atoms with Crippen molar-refractivity contribution in [3.05, 3.63) is 29.8 Å². The van der Waals surface area contributed by atoms with Gasteiger partial charge in [0, 0.05) is 33.8 Å². The van der Waals surface area contributed by atoms with E-state index in [1.807, 2.05) is 0 Å². The monoisotopic (exact) mass is 686 g/mol. The van der Waals surface area contributed by atoms with Crippen LogP contribution in [0.15, 0.2) is 24.3 Å². The van der Waals surface area contributed by atoms with Gasteiger partial charge in [-0.1, -0.05) is 6.07 Å². The zero-order valence-corrected chi connectivity index (χ0v) is 26.6. The van der Waals surface area contributed by atoms with Crippen LogP contribution in [0.25, 0.3) is 6.08 Å². The molecule has 1 aromatic carbocycles. The van der Waals surface area contributed by atoms with E-state index in [9.17, 15) is 44.4 Å². The molecule has 48 heavy (non-hydrogen) atoms. The van der Waals surface area contributed by atoms with Crippen molar-refractivity contribution in [2.45, 2.75) is 82.5 Å². The van der Waals surface area contributed by atoms with Gasteiger partial charge in [-0.25, -0.2) is 4.79 Å². The van der Waals surface area contributed by atoms with Crippen molar-refractivity contribution < 1.29 is 87.0 Å². The first-order valence-corrected chi connectivity index (χ1v) is 14.4. The largest absolute Gasteiger partial charge is 0.504 e. The number of aliphatic hydroxyl groups is 3. The maximum atomic E-state index is 12.5. The standard InChI is InChI=1S/C30H38O18/c1-14(31)41-12-22-26(44-16(3)33)25(38)27(45-17(4)34)29(46-22)48-30(13-43-15(2)32)28(39)24(37)21(47-30)11-42-23(36)9-7-18-6-8-19(35)20(10-18)40-5/h6-10,21-22,24-29,35,37-39H,11-13H2,1-5H3/b9-7+/t21-,22-,24-,25+,26-,27-,28+,29-,30+/m1/s1. The van der Waals surface area contributed by atoms with Crippen LogP contribution in [0.2, 0.25) is 0 Å². The maximum Gasteiger partial charge on any atom is 0.330 e. The number of hydrogen-bond donors (Lipinski definition) is 4. The number of carbonyl (C=O) groups excluding carboxylic acids is 5. The first-order chi connectivity index (χ1) is 22.6. The molecule has 2 heterocycles. The third-order valence-electron chi connectivity index (χ3n) is 6.98. The van der Waals surface area contributed by atoms with Gasteiger partial charge in [0.2, 0.25) is 12.1 Å². The van der Waals surface area contributed by atoms with Crippen molar-refractivity contribution in [2.24, 2.45) is 0 Å². The molecule has 18 nitrogen and oxygen atoms in total. The summed E-state index contributed by atoms with van der Waals surface area (Å²) < 4.78 is 48.0. The molecule has 0 bridgehead atoms. The number of aromatic hydroxyl groups is 1. The van der Waals surface area contributed by atoms with Gasteiger partial charge in [-0.15, -0.1) is 0 Å². The van der Waals surface area contributed by atoms with Gasteiger partial charge in [0.15, 0.2) is 23.7 Å². The number of aliphatic hydroxyl groups excluding tert-OH is 3. The molecule has 18 heteroatoms. The quantitative estimate of drug-likeness (QED) is 0.109. The van der Waals surface area contributed by atoms with Gasteiger partial charge >= 0.3 is 29.8 Å². The summed E-state index contributed by atoms with van der Waals surface area (Å²) in [6.07, 6.45) is -11.4. The number of methoxy groups -OCH3 is 1. The van der Waals surface area contributed by atoms with E-state index in [2.05, 4.69) is 0 Å². The van der Waals surface area contributed by atoms with Gasteiger partial charge in [-0.3, -0.25) is 19.2 Å². The normalized spacial score (nSPS) is 29.9. The number of benzene rings is 1. The highest BCUT2D eigenvalue weighted by Crippen LogP contribution is 2.38. The van der Waals surface area contributed by atoms with Crippen molar-refractivity contribution in [1.82, 2.24) is 0 Å². The SMILES string of the molecule is COc1cc(/C=C/C(=O)OC[C@H]2O[C@@](COC(C)=O)(O[C@H]3O[C@H](COC(C)=O)[C@@H](OC(C)=O)[C@H](O)[C@H]3OC(C)=O)[C@@H](O)[C@@H]2O)ccc1O. The number of phenolic OH excluding ortho intramolecular Hbond substituents is 1. The third kappa shape index (κ3) is 9.85. The zero-order chi connectivity index (χ0) is 35.8. The molecule has 0 spiro atoms. The van der Waals surface area contributed by atoms with Gasteiger partial charge in [-0.2, -0.15) is 0 Å². The molecular formula is C30H38O18. The van der Waals surface area contributed by atoms with Gasteiger partial charge in [0.25, 0.3) is 0 Å². The summed E-state index contributed by atoms with van der Waals surface area (Å²) in [5.74, 6) is -6.76. The van der Waals surface area contributed by atoms with Gasteiger partial charge in [0.05, 0.1) is 7.11 Å². The van der Waals surface area contributed by atoms with Crippen LogP contribution >= 0.6 is 0 Å². The van der Waals surface area contributed by atoms with Crippen LogP contribution in [-0.2, 0) is 61.9 Å². The van der Waals surface area contributed by atoms with E-state index in [-0.39, 0.29) is 11.5 Å². The molecule has 0 aliphatic carbocycles. The van der Waals surface area contributed by atoms with Crippen LogP contribution in [0, 0.1) is 0 Å². The first-order valence-electron chi connectivity index (χ1n) is 14.4. The minimum Gasteiger partial charge on any atom is -0.504 e. The number of carbonyl (C=O) groups is 5. The number of esters is 5. The van der Waals surface area contributed by atoms with Gasteiger partial charge in [0.1, 0.15) is 50.3 Å². The molecule has 1 aromatic rings. The number of phenols is 1. The smallest absolute Gasteiger partial charge is 0.330 e. The van der Waals surface area contributed by atoms with Crippen LogP contribution in [0.3, 0.4) is 0 Å². The van der Waals surface area contributed by atoms with E-state index in [1.165, 1.54) is 31.4 Å². The highest BCUT2D eigenvalue weighted by Gasteiger charge is 2.61. The van der Waals surface area contributed by atoms with E-state index in [0.717, 1.165) is 33.8 Å². The van der Waals surface area contributed by atoms with E-state index in [4.69, 9.17) is 42.6 Å². The average Bonchev–Trinajstić information content (AvgIpc) is 3.25. The van der Waals surface area contributed by atoms with E-state index in [1.54, 1.807) is 0 Å². The molecule has 0 aromatic heterocycles. The minimum absolute atomic E-state index is 0.112. The Hall–Kier alpha value is -4.33. The minimum atomic E-state index is -2.48. The molecule has 2 fully saturated rings. The Morgan fingerprint density at radius 3 is 2.06 bits per heavy atom. The van der Waals surface area contributed by atoms with Crippen LogP contribution in [0.1, 0.15) is 33.3 Å². The second kappa shape index (κ2) is 16.7. The summed E-state index contributed by atoms with van der Waals surface area (Å²) in [5, 5.41) is 42.8. The molecule has 3 rings (SSSR count). The maximum absolute atomic E-state index is 12.5. The summed E-state index contributed by atoms with van der Waals surface area (Å²) in [6, 6.07) is 4.31. The molecule has 0 unspecified atom stereocenters. The Balaban J connectivity index is 1.85. The lowest BCUT2D eigenvalue weighted by Crippen LogP contribution is -2.64. The second-order valence-corrected chi connectivity index (χ2v) is 10.7. The van der Waals surface area contributed by atoms with Crippen molar-refractivity contribution in [3.63, 3.8) is 0 Å². The average molecular weight is 687 g/mol. The third-order valence-corrected chi connectivity index (χ3v) is 6.98. The van der Waals surface area contributed by atoms with E-state index in [0.29, 0.717) is 5.56 Å². The summed E-state index contributed by atoms with van der Waals surface area (Å²) in [4.78, 5) is 59.5. The molecule has 2 saturated heterocycles. The second-order valence-electron chi connectivity index (χ2n) is 10.7. The molecule has 4 N–H and O–H groups in total. The molecular weight excluding hydrogens is 648 g/mol. The topological polar surface area (TPSA) is 249 Å². The summed E-state index contributed by atoms with van der Waals surface area (Å²) >= 11 is 0. The van der Waals surface area contributed by atoms with Gasteiger partial charge < -0.3 is 63.1 Å². The van der Waals surface area contributed by atoms with Gasteiger partial charge in [-0.05, 0) is 23.8 Å². The highest BCUT2D eigenvalue weighted by atomic mass is 16.8. The zero-order valence-electron chi connectivity index (χ0n) is 26.6. The fourth-order valence-electron chi connectivity index (χ4n) is 4.79. The first kappa shape index (κ1) is 38.1. The predicted octanol–water partition coefficient (Wildman–Crippen LogP) is -1.13. The summed E-state index contributed by atoms with van der Waals surface area (Å²) in [6.45, 7) is 2.01. The Labute approximate surface area is 273 Å². The van der Waals surface area contributed by atoms with Crippen molar-refractivity contribution in [1.29, 1.82) is 0 Å². The lowest BCUT2D eigenvalue weighted by atomic mass is 9.98. The Kier molecular flexibility index (Phi) is 13.2. The summed E-state index contributed by atoms with van der Waals surface area (Å²) in [7, 11) is 1.35.